The molecule has 0 aromatic rings. The molecule has 3 heteroatoms. The van der Waals surface area contributed by atoms with E-state index in [1.165, 1.54) is 44.3 Å². The number of thioether (sulfide) groups is 1. The summed E-state index contributed by atoms with van der Waals surface area (Å²) in [5.74, 6) is 1.29. The van der Waals surface area contributed by atoms with E-state index >= 15 is 0 Å². The van der Waals surface area contributed by atoms with Crippen LogP contribution in [0.25, 0.3) is 0 Å². The molecule has 1 aliphatic heterocycles. The lowest BCUT2D eigenvalue weighted by Gasteiger charge is -2.46. The molecule has 0 spiro atoms. The molecule has 0 bridgehead atoms. The van der Waals surface area contributed by atoms with Gasteiger partial charge in [0, 0.05) is 23.4 Å². The van der Waals surface area contributed by atoms with Crippen molar-refractivity contribution >= 4 is 11.8 Å². The fraction of sp³-hybridized carbons (Fsp3) is 1.00. The first kappa shape index (κ1) is 12.7. The van der Waals surface area contributed by atoms with Gasteiger partial charge >= 0.3 is 0 Å². The number of rotatable bonds is 3. The molecule has 2 rings (SSSR count). The molecule has 0 aromatic heterocycles. The summed E-state index contributed by atoms with van der Waals surface area (Å²) < 4.78 is 0. The molecule has 0 amide bonds. The Hall–Kier alpha value is 0.270. The molecular weight excluding hydrogens is 216 g/mol. The predicted octanol–water partition coefficient (Wildman–Crippen LogP) is 2.47. The quantitative estimate of drug-likeness (QED) is 0.824. The fourth-order valence-electron chi connectivity index (χ4n) is 3.48. The summed E-state index contributed by atoms with van der Waals surface area (Å²) in [6.07, 6.45) is 8.31. The number of likely N-dealkylation sites (N-methyl/N-ethyl adjacent to an activating group) is 1. The van der Waals surface area contributed by atoms with Crippen molar-refractivity contribution in [3.05, 3.63) is 0 Å². The Morgan fingerprint density at radius 2 is 2.00 bits per heavy atom. The maximum absolute atomic E-state index is 6.11. The Bertz CT molecular complexity index is 228. The molecule has 2 nitrogen and oxygen atoms in total. The third kappa shape index (κ3) is 2.14. The second-order valence-electron chi connectivity index (χ2n) is 5.47. The lowest BCUT2D eigenvalue weighted by Crippen LogP contribution is -2.59. The Kier molecular flexibility index (Phi) is 4.20. The van der Waals surface area contributed by atoms with Crippen LogP contribution in [0.5, 0.6) is 0 Å². The monoisotopic (exact) mass is 242 g/mol. The van der Waals surface area contributed by atoms with E-state index in [9.17, 15) is 0 Å². The molecule has 1 saturated carbocycles. The topological polar surface area (TPSA) is 29.3 Å². The second-order valence-corrected chi connectivity index (χ2v) is 6.92. The third-order valence-corrected chi connectivity index (χ3v) is 6.22. The van der Waals surface area contributed by atoms with Gasteiger partial charge in [-0.15, -0.1) is 0 Å². The summed E-state index contributed by atoms with van der Waals surface area (Å²) in [6, 6.07) is 0.790. The Balaban J connectivity index is 2.07. The zero-order chi connectivity index (χ0) is 11.6. The minimum Gasteiger partial charge on any atom is -0.329 e. The second kappa shape index (κ2) is 5.28. The van der Waals surface area contributed by atoms with Crippen molar-refractivity contribution in [3.63, 3.8) is 0 Å². The van der Waals surface area contributed by atoms with E-state index in [-0.39, 0.29) is 5.54 Å². The van der Waals surface area contributed by atoms with Gasteiger partial charge in [0.05, 0.1) is 0 Å². The molecule has 2 fully saturated rings. The van der Waals surface area contributed by atoms with E-state index in [0.717, 1.165) is 12.6 Å². The molecule has 94 valence electrons. The molecule has 1 heterocycles. The van der Waals surface area contributed by atoms with Crippen LogP contribution in [0, 0.1) is 0 Å². The first-order valence-corrected chi connectivity index (χ1v) is 7.80. The van der Waals surface area contributed by atoms with Crippen LogP contribution in [0.15, 0.2) is 0 Å². The van der Waals surface area contributed by atoms with Crippen molar-refractivity contribution in [1.82, 2.24) is 4.90 Å². The van der Waals surface area contributed by atoms with E-state index in [4.69, 9.17) is 5.73 Å². The molecule has 1 aliphatic carbocycles. The van der Waals surface area contributed by atoms with Gasteiger partial charge in [0.15, 0.2) is 0 Å². The highest BCUT2D eigenvalue weighted by atomic mass is 32.2. The summed E-state index contributed by atoms with van der Waals surface area (Å²) in [5.41, 5.74) is 6.40. The van der Waals surface area contributed by atoms with Crippen molar-refractivity contribution in [2.45, 2.75) is 62.3 Å². The van der Waals surface area contributed by atoms with Gasteiger partial charge < -0.3 is 5.73 Å². The van der Waals surface area contributed by atoms with Gasteiger partial charge in [-0.05, 0) is 32.1 Å². The van der Waals surface area contributed by atoms with Crippen LogP contribution < -0.4 is 5.73 Å². The van der Waals surface area contributed by atoms with Gasteiger partial charge in [0.2, 0.25) is 0 Å². The number of nitrogens with two attached hydrogens (primary N) is 1. The van der Waals surface area contributed by atoms with E-state index in [1.807, 2.05) is 0 Å². The number of hydrogen-bond donors (Lipinski definition) is 1. The average Bonchev–Trinajstić information content (AvgIpc) is 2.72. The molecule has 2 aliphatic rings. The largest absolute Gasteiger partial charge is 0.329 e. The van der Waals surface area contributed by atoms with Gasteiger partial charge in [-0.3, -0.25) is 4.90 Å². The van der Waals surface area contributed by atoms with E-state index in [2.05, 4.69) is 30.6 Å². The first-order chi connectivity index (χ1) is 7.70. The molecular formula is C13H26N2S. The standard InChI is InChI=1S/C13H26N2S/c1-11-13(10-14,8-9-16-11)15(2)12-6-4-3-5-7-12/h11-12H,3-10,14H2,1-2H3. The predicted molar refractivity (Wildman–Crippen MR) is 73.0 cm³/mol. The molecule has 1 saturated heterocycles. The molecule has 0 aromatic carbocycles. The summed E-state index contributed by atoms with van der Waals surface area (Å²) in [5, 5.41) is 0.699. The lowest BCUT2D eigenvalue weighted by molar-refractivity contribution is 0.0605. The summed E-state index contributed by atoms with van der Waals surface area (Å²) in [6.45, 7) is 3.19. The highest BCUT2D eigenvalue weighted by Gasteiger charge is 2.45. The maximum atomic E-state index is 6.11. The highest BCUT2D eigenvalue weighted by molar-refractivity contribution is 8.00. The molecule has 2 atom stereocenters. The van der Waals surface area contributed by atoms with Crippen LogP contribution in [-0.4, -0.2) is 41.1 Å². The van der Waals surface area contributed by atoms with Crippen LogP contribution in [-0.2, 0) is 0 Å². The van der Waals surface area contributed by atoms with Gasteiger partial charge in [0.1, 0.15) is 0 Å². The van der Waals surface area contributed by atoms with Crippen molar-refractivity contribution in [2.75, 3.05) is 19.3 Å². The van der Waals surface area contributed by atoms with Gasteiger partial charge in [-0.25, -0.2) is 0 Å². The van der Waals surface area contributed by atoms with E-state index in [0.29, 0.717) is 5.25 Å². The van der Waals surface area contributed by atoms with E-state index < -0.39 is 0 Å². The maximum Gasteiger partial charge on any atom is 0.0455 e. The van der Waals surface area contributed by atoms with Gasteiger partial charge in [0.25, 0.3) is 0 Å². The summed E-state index contributed by atoms with van der Waals surface area (Å²) in [7, 11) is 2.32. The molecule has 16 heavy (non-hydrogen) atoms. The van der Waals surface area contributed by atoms with Crippen molar-refractivity contribution < 1.29 is 0 Å². The Morgan fingerprint density at radius 1 is 1.31 bits per heavy atom. The van der Waals surface area contributed by atoms with Crippen LogP contribution in [0.3, 0.4) is 0 Å². The number of hydrogen-bond acceptors (Lipinski definition) is 3. The fourth-order valence-corrected chi connectivity index (χ4v) is 4.99. The minimum atomic E-state index is 0.284. The molecule has 2 N–H and O–H groups in total. The molecule has 2 unspecified atom stereocenters. The normalized spacial score (nSPS) is 37.1. The van der Waals surface area contributed by atoms with E-state index in [1.54, 1.807) is 0 Å². The SMILES string of the molecule is CC1SCCC1(CN)N(C)C1CCCCC1. The lowest BCUT2D eigenvalue weighted by atomic mass is 9.85. The third-order valence-electron chi connectivity index (χ3n) is 4.84. The highest BCUT2D eigenvalue weighted by Crippen LogP contribution is 2.41. The van der Waals surface area contributed by atoms with Gasteiger partial charge in [-0.1, -0.05) is 26.2 Å². The summed E-state index contributed by atoms with van der Waals surface area (Å²) in [4.78, 5) is 2.65. The smallest absolute Gasteiger partial charge is 0.0455 e. The van der Waals surface area contributed by atoms with Crippen LogP contribution in [0.4, 0.5) is 0 Å². The van der Waals surface area contributed by atoms with Crippen LogP contribution >= 0.6 is 11.8 Å². The average molecular weight is 242 g/mol. The minimum absolute atomic E-state index is 0.284. The Labute approximate surface area is 104 Å². The van der Waals surface area contributed by atoms with Gasteiger partial charge in [-0.2, -0.15) is 11.8 Å². The van der Waals surface area contributed by atoms with Crippen LogP contribution in [0.2, 0.25) is 0 Å². The first-order valence-electron chi connectivity index (χ1n) is 6.75. The Morgan fingerprint density at radius 3 is 2.50 bits per heavy atom. The zero-order valence-electron chi connectivity index (χ0n) is 10.7. The zero-order valence-corrected chi connectivity index (χ0v) is 11.6. The summed E-state index contributed by atoms with van der Waals surface area (Å²) >= 11 is 2.10. The van der Waals surface area contributed by atoms with Crippen molar-refractivity contribution in [3.8, 4) is 0 Å². The van der Waals surface area contributed by atoms with Crippen molar-refractivity contribution in [2.24, 2.45) is 5.73 Å². The number of nitrogens with zero attached hydrogens (tertiary/aromatic N) is 1. The van der Waals surface area contributed by atoms with Crippen molar-refractivity contribution in [1.29, 1.82) is 0 Å². The van der Waals surface area contributed by atoms with Crippen LogP contribution in [0.1, 0.15) is 45.4 Å². The molecule has 0 radical (unpaired) electrons.